The molecule has 2 aliphatic rings. The summed E-state index contributed by atoms with van der Waals surface area (Å²) in [7, 11) is 0. The van der Waals surface area contributed by atoms with Gasteiger partial charge in [0.2, 0.25) is 5.91 Å². The van der Waals surface area contributed by atoms with Gasteiger partial charge in [0.15, 0.2) is 0 Å². The van der Waals surface area contributed by atoms with Crippen molar-refractivity contribution in [2.45, 2.75) is 64.2 Å². The summed E-state index contributed by atoms with van der Waals surface area (Å²) in [6.45, 7) is 7.31. The van der Waals surface area contributed by atoms with Gasteiger partial charge in [-0.1, -0.05) is 19.1 Å². The van der Waals surface area contributed by atoms with Crippen molar-refractivity contribution in [1.82, 2.24) is 24.3 Å². The van der Waals surface area contributed by atoms with Gasteiger partial charge in [-0.15, -0.1) is 12.4 Å². The number of amides is 3. The Balaban J connectivity index is 0.00000420. The highest BCUT2D eigenvalue weighted by Gasteiger charge is 2.26. The molecule has 2 fully saturated rings. The number of nitrogens with one attached hydrogen (secondary N) is 1. The fraction of sp³-hybridized carbons (Fsp3) is 0.556. The van der Waals surface area contributed by atoms with Crippen LogP contribution in [0.4, 0.5) is 10.6 Å². The molecule has 12 heteroatoms. The number of hydrogen-bond donors (Lipinski definition) is 3. The van der Waals surface area contributed by atoms with Crippen LogP contribution in [0.15, 0.2) is 41.3 Å². The highest BCUT2D eigenvalue weighted by atomic mass is 35.5. The maximum Gasteiger partial charge on any atom is 0.354 e. The van der Waals surface area contributed by atoms with E-state index in [1.54, 1.807) is 29.0 Å². The number of urea groups is 1. The second-order valence-electron chi connectivity index (χ2n) is 10.3. The van der Waals surface area contributed by atoms with Gasteiger partial charge in [-0.2, -0.15) is 4.98 Å². The number of benzene rings is 1. The van der Waals surface area contributed by atoms with Gasteiger partial charge in [0.05, 0.1) is 11.7 Å². The molecule has 5 N–H and O–H groups in total. The van der Waals surface area contributed by atoms with Crippen LogP contribution in [0.25, 0.3) is 5.69 Å². The Morgan fingerprint density at radius 1 is 1.05 bits per heavy atom. The number of aromatic nitrogens is 2. The van der Waals surface area contributed by atoms with Crippen molar-refractivity contribution in [1.29, 1.82) is 0 Å². The summed E-state index contributed by atoms with van der Waals surface area (Å²) in [6.07, 6.45) is 6.06. The van der Waals surface area contributed by atoms with E-state index in [0.29, 0.717) is 44.0 Å². The normalized spacial score (nSPS) is 20.3. The third-order valence-corrected chi connectivity index (χ3v) is 7.57. The number of nitrogens with two attached hydrogens (primary N) is 2. The predicted molar refractivity (Wildman–Crippen MR) is 154 cm³/mol. The van der Waals surface area contributed by atoms with Crippen molar-refractivity contribution in [3.8, 4) is 5.69 Å². The van der Waals surface area contributed by atoms with Crippen LogP contribution >= 0.6 is 12.4 Å². The molecular formula is C27H41ClN8O3. The maximum absolute atomic E-state index is 12.7. The van der Waals surface area contributed by atoms with Crippen LogP contribution in [0.3, 0.4) is 0 Å². The lowest BCUT2D eigenvalue weighted by Gasteiger charge is -2.35. The molecule has 1 aliphatic heterocycles. The Kier molecular flexibility index (Phi) is 10.9. The van der Waals surface area contributed by atoms with Crippen LogP contribution in [0.2, 0.25) is 0 Å². The first kappa shape index (κ1) is 30.6. The fourth-order valence-corrected chi connectivity index (χ4v) is 5.24. The SMILES string of the molecule is CCN(Cc1ccc(-n2ccc(NC(=O)N3CCN(C(=O)[C@H](C)N)CC3)nc2=O)cc1)[C@H]1CC[C@H](N)CC1.Cl. The van der Waals surface area contributed by atoms with E-state index in [1.165, 1.54) is 10.1 Å². The number of anilines is 1. The van der Waals surface area contributed by atoms with Crippen LogP contribution in [0, 0.1) is 0 Å². The Bertz CT molecular complexity index is 1160. The Morgan fingerprint density at radius 2 is 1.67 bits per heavy atom. The van der Waals surface area contributed by atoms with Crippen LogP contribution in [0.1, 0.15) is 45.1 Å². The van der Waals surface area contributed by atoms with E-state index < -0.39 is 11.7 Å². The Hall–Kier alpha value is -2.99. The van der Waals surface area contributed by atoms with Gasteiger partial charge in [-0.25, -0.2) is 9.59 Å². The quantitative estimate of drug-likeness (QED) is 0.468. The zero-order valence-corrected chi connectivity index (χ0v) is 23.6. The van der Waals surface area contributed by atoms with Crippen LogP contribution in [-0.4, -0.2) is 87.0 Å². The van der Waals surface area contributed by atoms with Gasteiger partial charge >= 0.3 is 11.7 Å². The molecule has 3 amide bonds. The summed E-state index contributed by atoms with van der Waals surface area (Å²) >= 11 is 0. The van der Waals surface area contributed by atoms with Crippen LogP contribution in [0.5, 0.6) is 0 Å². The van der Waals surface area contributed by atoms with Crippen molar-refractivity contribution >= 4 is 30.2 Å². The molecule has 4 rings (SSSR count). The molecule has 1 aromatic carbocycles. The van der Waals surface area contributed by atoms with Gasteiger partial charge in [0, 0.05) is 51.0 Å². The van der Waals surface area contributed by atoms with E-state index in [2.05, 4.69) is 22.1 Å². The molecule has 2 heterocycles. The average Bonchev–Trinajstić information content (AvgIpc) is 2.92. The summed E-state index contributed by atoms with van der Waals surface area (Å²) < 4.78 is 1.46. The summed E-state index contributed by atoms with van der Waals surface area (Å²) in [5, 5.41) is 2.69. The molecule has 39 heavy (non-hydrogen) atoms. The van der Waals surface area contributed by atoms with E-state index in [0.717, 1.165) is 38.8 Å². The number of carbonyl (C=O) groups is 2. The fourth-order valence-electron chi connectivity index (χ4n) is 5.24. The van der Waals surface area contributed by atoms with Crippen LogP contribution < -0.4 is 22.5 Å². The lowest BCUT2D eigenvalue weighted by atomic mass is 9.90. The molecule has 1 atom stereocenters. The first-order chi connectivity index (χ1) is 18.2. The summed E-state index contributed by atoms with van der Waals surface area (Å²) in [5.74, 6) is 0.0632. The lowest BCUT2D eigenvalue weighted by Crippen LogP contribution is -2.54. The Labute approximate surface area is 235 Å². The number of piperazine rings is 1. The first-order valence-corrected chi connectivity index (χ1v) is 13.5. The molecule has 1 aliphatic carbocycles. The van der Waals surface area contributed by atoms with E-state index >= 15 is 0 Å². The van der Waals surface area contributed by atoms with Gasteiger partial charge in [-0.05, 0) is 62.9 Å². The first-order valence-electron chi connectivity index (χ1n) is 13.5. The molecule has 0 radical (unpaired) electrons. The minimum atomic E-state index is -0.560. The molecule has 214 valence electrons. The van der Waals surface area contributed by atoms with Gasteiger partial charge in [-0.3, -0.25) is 19.6 Å². The number of hydrogen-bond acceptors (Lipinski definition) is 7. The zero-order chi connectivity index (χ0) is 27.2. The second kappa shape index (κ2) is 13.9. The summed E-state index contributed by atoms with van der Waals surface area (Å²) in [5.41, 5.74) is 13.2. The molecule has 11 nitrogen and oxygen atoms in total. The molecule has 1 saturated heterocycles. The minimum Gasteiger partial charge on any atom is -0.338 e. The molecule has 0 bridgehead atoms. The standard InChI is InChI=1S/C27H40N8O3.ClH/c1-3-32(22-10-6-21(29)7-11-22)18-20-4-8-23(9-5-20)35-13-12-24(31-27(35)38)30-26(37)34-16-14-33(15-17-34)25(36)19(2)28;/h4-5,8-9,12-13,19,21-22H,3,6-7,10-11,14-18,28-29H2,1-2H3,(H,30,31,37,38);1H/t19-,21-,22-;/m0./s1. The largest absolute Gasteiger partial charge is 0.354 e. The third kappa shape index (κ3) is 7.78. The lowest BCUT2D eigenvalue weighted by molar-refractivity contribution is -0.133. The predicted octanol–water partition coefficient (Wildman–Crippen LogP) is 1.77. The molecule has 0 spiro atoms. The number of nitrogens with zero attached hydrogens (tertiary/aromatic N) is 5. The highest BCUT2D eigenvalue weighted by Crippen LogP contribution is 2.24. The van der Waals surface area contributed by atoms with Crippen molar-refractivity contribution in [2.24, 2.45) is 11.5 Å². The smallest absolute Gasteiger partial charge is 0.338 e. The van der Waals surface area contributed by atoms with E-state index in [9.17, 15) is 14.4 Å². The molecular weight excluding hydrogens is 520 g/mol. The topological polar surface area (TPSA) is 143 Å². The van der Waals surface area contributed by atoms with Crippen molar-refractivity contribution in [2.75, 3.05) is 38.0 Å². The van der Waals surface area contributed by atoms with Crippen molar-refractivity contribution in [3.05, 3.63) is 52.6 Å². The molecule has 0 unspecified atom stereocenters. The van der Waals surface area contributed by atoms with Gasteiger partial charge in [0.25, 0.3) is 0 Å². The Morgan fingerprint density at radius 3 is 2.23 bits per heavy atom. The summed E-state index contributed by atoms with van der Waals surface area (Å²) in [6, 6.07) is 9.53. The van der Waals surface area contributed by atoms with E-state index in [1.807, 2.05) is 24.3 Å². The number of rotatable bonds is 7. The molecule has 2 aromatic rings. The molecule has 1 saturated carbocycles. The maximum atomic E-state index is 12.7. The van der Waals surface area contributed by atoms with Gasteiger partial charge in [0.1, 0.15) is 5.82 Å². The van der Waals surface area contributed by atoms with E-state index in [4.69, 9.17) is 11.5 Å². The zero-order valence-electron chi connectivity index (χ0n) is 22.8. The van der Waals surface area contributed by atoms with E-state index in [-0.39, 0.29) is 30.2 Å². The monoisotopic (exact) mass is 560 g/mol. The van der Waals surface area contributed by atoms with Crippen molar-refractivity contribution < 1.29 is 9.59 Å². The molecule has 1 aromatic heterocycles. The second-order valence-corrected chi connectivity index (χ2v) is 10.3. The van der Waals surface area contributed by atoms with Crippen LogP contribution in [-0.2, 0) is 11.3 Å². The average molecular weight is 561 g/mol. The summed E-state index contributed by atoms with van der Waals surface area (Å²) in [4.78, 5) is 47.2. The highest BCUT2D eigenvalue weighted by molar-refractivity contribution is 5.88. The van der Waals surface area contributed by atoms with Crippen molar-refractivity contribution in [3.63, 3.8) is 0 Å². The third-order valence-electron chi connectivity index (χ3n) is 7.57. The van der Waals surface area contributed by atoms with Gasteiger partial charge < -0.3 is 21.3 Å². The number of carbonyl (C=O) groups excluding carboxylic acids is 2. The number of halogens is 1. The minimum absolute atomic E-state index is 0.